The number of fused-ring (bicyclic) bond motifs is 1. The van der Waals surface area contributed by atoms with Crippen molar-refractivity contribution in [3.63, 3.8) is 0 Å². The summed E-state index contributed by atoms with van der Waals surface area (Å²) in [6.07, 6.45) is 3.46. The Morgan fingerprint density at radius 1 is 1.08 bits per heavy atom. The number of aromatic carboxylic acids is 1. The van der Waals surface area contributed by atoms with Crippen LogP contribution in [0.15, 0.2) is 60.9 Å². The monoisotopic (exact) mass is 331 g/mol. The first-order valence-electron chi connectivity index (χ1n) is 7.53. The summed E-state index contributed by atoms with van der Waals surface area (Å²) in [5.41, 5.74) is 9.32. The van der Waals surface area contributed by atoms with Crippen molar-refractivity contribution in [2.45, 2.75) is 0 Å². The molecule has 1 aromatic carbocycles. The molecule has 3 aromatic heterocycles. The summed E-state index contributed by atoms with van der Waals surface area (Å²) in [5, 5.41) is 9.26. The summed E-state index contributed by atoms with van der Waals surface area (Å²) in [5.74, 6) is -0.827. The van der Waals surface area contributed by atoms with Crippen LogP contribution in [0.5, 0.6) is 0 Å². The van der Waals surface area contributed by atoms with Gasteiger partial charge in [-0.2, -0.15) is 0 Å². The Balaban J connectivity index is 2.03. The average Bonchev–Trinajstić information content (AvgIpc) is 3.01. The minimum atomic E-state index is -0.988. The molecule has 7 nitrogen and oxygen atoms in total. The fraction of sp³-hybridized carbons (Fsp3) is 0. The minimum absolute atomic E-state index is 0.161. The van der Waals surface area contributed by atoms with E-state index in [0.717, 1.165) is 11.3 Å². The van der Waals surface area contributed by atoms with Gasteiger partial charge in [0.15, 0.2) is 0 Å². The first-order valence-corrected chi connectivity index (χ1v) is 7.53. The zero-order valence-corrected chi connectivity index (χ0v) is 13.0. The molecule has 3 heterocycles. The van der Waals surface area contributed by atoms with Gasteiger partial charge >= 0.3 is 5.97 Å². The summed E-state index contributed by atoms with van der Waals surface area (Å²) >= 11 is 0. The Kier molecular flexibility index (Phi) is 3.39. The van der Waals surface area contributed by atoms with E-state index in [4.69, 9.17) is 5.73 Å². The predicted octanol–water partition coefficient (Wildman–Crippen LogP) is 2.74. The third kappa shape index (κ3) is 2.57. The van der Waals surface area contributed by atoms with Crippen molar-refractivity contribution >= 4 is 17.6 Å². The number of imidazole rings is 1. The first kappa shape index (κ1) is 14.8. The highest BCUT2D eigenvalue weighted by atomic mass is 16.4. The molecule has 0 aliphatic rings. The summed E-state index contributed by atoms with van der Waals surface area (Å²) < 4.78 is 1.89. The molecule has 0 bridgehead atoms. The topological polar surface area (TPSA) is 106 Å². The van der Waals surface area contributed by atoms with Gasteiger partial charge in [-0.25, -0.2) is 19.7 Å². The molecule has 0 amide bonds. The molecule has 0 saturated heterocycles. The average molecular weight is 331 g/mol. The molecule has 0 unspecified atom stereocenters. The van der Waals surface area contributed by atoms with E-state index in [2.05, 4.69) is 15.0 Å². The Morgan fingerprint density at radius 3 is 2.76 bits per heavy atom. The second kappa shape index (κ2) is 5.72. The molecule has 3 N–H and O–H groups in total. The number of carboxylic acid groups (broad SMARTS) is 1. The minimum Gasteiger partial charge on any atom is -0.478 e. The van der Waals surface area contributed by atoms with E-state index in [9.17, 15) is 9.90 Å². The van der Waals surface area contributed by atoms with Crippen molar-refractivity contribution in [1.29, 1.82) is 0 Å². The number of benzene rings is 1. The normalized spacial score (nSPS) is 10.9. The zero-order chi connectivity index (χ0) is 17.4. The van der Waals surface area contributed by atoms with Crippen LogP contribution in [0.25, 0.3) is 28.3 Å². The highest BCUT2D eigenvalue weighted by molar-refractivity contribution is 5.90. The van der Waals surface area contributed by atoms with Gasteiger partial charge in [-0.1, -0.05) is 18.2 Å². The van der Waals surface area contributed by atoms with Crippen LogP contribution in [0.2, 0.25) is 0 Å². The van der Waals surface area contributed by atoms with E-state index >= 15 is 0 Å². The Labute approximate surface area is 142 Å². The fourth-order valence-corrected chi connectivity index (χ4v) is 2.75. The molecule has 0 saturated carbocycles. The number of rotatable bonds is 3. The summed E-state index contributed by atoms with van der Waals surface area (Å²) in [7, 11) is 0. The molecule has 0 aliphatic heterocycles. The lowest BCUT2D eigenvalue weighted by atomic mass is 10.1. The fourth-order valence-electron chi connectivity index (χ4n) is 2.75. The van der Waals surface area contributed by atoms with Crippen LogP contribution in [-0.2, 0) is 0 Å². The SMILES string of the molecule is Nc1nccc(-c2c(-c3cccc(C(=O)O)c3)nc3ccccn23)n1. The number of aromatic nitrogens is 4. The van der Waals surface area contributed by atoms with Gasteiger partial charge in [0.1, 0.15) is 5.65 Å². The number of nitrogens with zero attached hydrogens (tertiary/aromatic N) is 4. The molecule has 0 aliphatic carbocycles. The maximum absolute atomic E-state index is 11.3. The first-order chi connectivity index (χ1) is 12.1. The molecule has 122 valence electrons. The van der Waals surface area contributed by atoms with E-state index in [-0.39, 0.29) is 11.5 Å². The highest BCUT2D eigenvalue weighted by Crippen LogP contribution is 2.32. The van der Waals surface area contributed by atoms with Crippen LogP contribution in [-0.4, -0.2) is 30.4 Å². The molecule has 0 spiro atoms. The number of hydrogen-bond donors (Lipinski definition) is 2. The molecule has 0 radical (unpaired) electrons. The quantitative estimate of drug-likeness (QED) is 0.598. The lowest BCUT2D eigenvalue weighted by Crippen LogP contribution is -1.99. The molecule has 0 atom stereocenters. The zero-order valence-electron chi connectivity index (χ0n) is 13.0. The predicted molar refractivity (Wildman–Crippen MR) is 93.0 cm³/mol. The molecule has 25 heavy (non-hydrogen) atoms. The van der Waals surface area contributed by atoms with Crippen molar-refractivity contribution < 1.29 is 9.90 Å². The van der Waals surface area contributed by atoms with Gasteiger partial charge in [0.05, 0.1) is 22.6 Å². The Morgan fingerprint density at radius 2 is 1.96 bits per heavy atom. The number of nitrogen functional groups attached to an aromatic ring is 1. The number of anilines is 1. The standard InChI is InChI=1S/C18H13N5O2/c19-18-20-8-7-13(21-18)16-15(22-14-6-1-2-9-23(14)16)11-4-3-5-12(10-11)17(24)25/h1-10H,(H,24,25)(H2,19,20,21). The Bertz CT molecular complexity index is 1100. The number of carbonyl (C=O) groups is 1. The number of nitrogens with two attached hydrogens (primary N) is 1. The van der Waals surface area contributed by atoms with E-state index < -0.39 is 5.97 Å². The second-order valence-electron chi connectivity index (χ2n) is 5.42. The highest BCUT2D eigenvalue weighted by Gasteiger charge is 2.18. The van der Waals surface area contributed by atoms with Gasteiger partial charge in [0.25, 0.3) is 0 Å². The van der Waals surface area contributed by atoms with E-state index in [0.29, 0.717) is 17.0 Å². The largest absolute Gasteiger partial charge is 0.478 e. The van der Waals surface area contributed by atoms with Crippen LogP contribution in [0.3, 0.4) is 0 Å². The number of carboxylic acids is 1. The number of hydrogen-bond acceptors (Lipinski definition) is 5. The Hall–Kier alpha value is -3.74. The molecule has 7 heteroatoms. The number of pyridine rings is 1. The van der Waals surface area contributed by atoms with Crippen molar-refractivity contribution in [1.82, 2.24) is 19.4 Å². The molecular formula is C18H13N5O2. The smallest absolute Gasteiger partial charge is 0.335 e. The van der Waals surface area contributed by atoms with E-state index in [1.165, 1.54) is 0 Å². The summed E-state index contributed by atoms with van der Waals surface area (Å²) in [6.45, 7) is 0. The third-order valence-electron chi connectivity index (χ3n) is 3.83. The van der Waals surface area contributed by atoms with Crippen molar-refractivity contribution in [2.24, 2.45) is 0 Å². The molecule has 4 aromatic rings. The maximum Gasteiger partial charge on any atom is 0.335 e. The van der Waals surface area contributed by atoms with Crippen molar-refractivity contribution in [2.75, 3.05) is 5.73 Å². The lowest BCUT2D eigenvalue weighted by molar-refractivity contribution is 0.0697. The van der Waals surface area contributed by atoms with Gasteiger partial charge in [0.2, 0.25) is 5.95 Å². The lowest BCUT2D eigenvalue weighted by Gasteiger charge is -2.06. The van der Waals surface area contributed by atoms with Gasteiger partial charge < -0.3 is 10.8 Å². The summed E-state index contributed by atoms with van der Waals surface area (Å²) in [6, 6.07) is 14.1. The molecule has 0 fully saturated rings. The van der Waals surface area contributed by atoms with E-state index in [1.807, 2.05) is 34.9 Å². The van der Waals surface area contributed by atoms with Crippen LogP contribution >= 0.6 is 0 Å². The van der Waals surface area contributed by atoms with Gasteiger partial charge in [0, 0.05) is 18.0 Å². The van der Waals surface area contributed by atoms with Crippen LogP contribution in [0.1, 0.15) is 10.4 Å². The van der Waals surface area contributed by atoms with Crippen LogP contribution in [0, 0.1) is 0 Å². The third-order valence-corrected chi connectivity index (χ3v) is 3.83. The van der Waals surface area contributed by atoms with Crippen LogP contribution in [0.4, 0.5) is 5.95 Å². The van der Waals surface area contributed by atoms with E-state index in [1.54, 1.807) is 30.5 Å². The van der Waals surface area contributed by atoms with Crippen LogP contribution < -0.4 is 5.73 Å². The van der Waals surface area contributed by atoms with Crippen molar-refractivity contribution in [3.05, 3.63) is 66.5 Å². The summed E-state index contributed by atoms with van der Waals surface area (Å²) in [4.78, 5) is 24.2. The molecular weight excluding hydrogens is 318 g/mol. The van der Waals surface area contributed by atoms with Crippen molar-refractivity contribution in [3.8, 4) is 22.6 Å². The molecule has 4 rings (SSSR count). The maximum atomic E-state index is 11.3. The van der Waals surface area contributed by atoms with Gasteiger partial charge in [-0.3, -0.25) is 4.40 Å². The van der Waals surface area contributed by atoms with Gasteiger partial charge in [-0.05, 0) is 30.3 Å². The second-order valence-corrected chi connectivity index (χ2v) is 5.42. The van der Waals surface area contributed by atoms with Gasteiger partial charge in [-0.15, -0.1) is 0 Å².